The number of aryl methyl sites for hydroxylation is 1. The summed E-state index contributed by atoms with van der Waals surface area (Å²) in [6.45, 7) is 6.71. The number of ether oxygens (including phenoxy) is 2. The highest BCUT2D eigenvalue weighted by Crippen LogP contribution is 2.24. The van der Waals surface area contributed by atoms with Gasteiger partial charge in [0.05, 0.1) is 12.3 Å². The standard InChI is InChI=1S/C19H23NO3/c1-14(2)12-23-18-10-5-4-9-17(18)20-19(21)13-22-16-8-6-7-15(3)11-16/h4-11,14H,12-13H2,1-3H3,(H,20,21). The zero-order chi connectivity index (χ0) is 16.7. The van der Waals surface area contributed by atoms with E-state index in [2.05, 4.69) is 19.2 Å². The number of carbonyl (C=O) groups is 1. The normalized spacial score (nSPS) is 10.4. The maximum Gasteiger partial charge on any atom is 0.262 e. The van der Waals surface area contributed by atoms with Gasteiger partial charge in [-0.25, -0.2) is 0 Å². The molecule has 23 heavy (non-hydrogen) atoms. The van der Waals surface area contributed by atoms with Crippen LogP contribution in [0, 0.1) is 12.8 Å². The van der Waals surface area contributed by atoms with E-state index in [-0.39, 0.29) is 12.5 Å². The van der Waals surface area contributed by atoms with Crippen molar-refractivity contribution in [3.05, 3.63) is 54.1 Å². The Balaban J connectivity index is 1.92. The second-order valence-electron chi connectivity index (χ2n) is 5.85. The lowest BCUT2D eigenvalue weighted by atomic mass is 10.2. The van der Waals surface area contributed by atoms with Gasteiger partial charge in [0.15, 0.2) is 6.61 Å². The van der Waals surface area contributed by atoms with Crippen molar-refractivity contribution in [1.82, 2.24) is 0 Å². The third-order valence-corrected chi connectivity index (χ3v) is 3.09. The summed E-state index contributed by atoms with van der Waals surface area (Å²) in [7, 11) is 0. The van der Waals surface area contributed by atoms with Gasteiger partial charge in [0.2, 0.25) is 0 Å². The van der Waals surface area contributed by atoms with Crippen LogP contribution in [0.2, 0.25) is 0 Å². The van der Waals surface area contributed by atoms with Gasteiger partial charge in [-0.3, -0.25) is 4.79 Å². The molecule has 0 fully saturated rings. The van der Waals surface area contributed by atoms with Crippen LogP contribution in [0.15, 0.2) is 48.5 Å². The Labute approximate surface area is 137 Å². The van der Waals surface area contributed by atoms with Crippen molar-refractivity contribution in [2.75, 3.05) is 18.5 Å². The predicted molar refractivity (Wildman–Crippen MR) is 92.1 cm³/mol. The number of hydrogen-bond donors (Lipinski definition) is 1. The van der Waals surface area contributed by atoms with Gasteiger partial charge in [-0.2, -0.15) is 0 Å². The van der Waals surface area contributed by atoms with Crippen molar-refractivity contribution < 1.29 is 14.3 Å². The number of hydrogen-bond acceptors (Lipinski definition) is 3. The van der Waals surface area contributed by atoms with Crippen molar-refractivity contribution in [3.8, 4) is 11.5 Å². The summed E-state index contributed by atoms with van der Waals surface area (Å²) in [6.07, 6.45) is 0. The minimum atomic E-state index is -0.216. The van der Waals surface area contributed by atoms with Crippen molar-refractivity contribution >= 4 is 11.6 Å². The van der Waals surface area contributed by atoms with E-state index >= 15 is 0 Å². The Bertz CT molecular complexity index is 653. The molecule has 2 aromatic carbocycles. The maximum absolute atomic E-state index is 12.1. The van der Waals surface area contributed by atoms with Crippen LogP contribution in [0.4, 0.5) is 5.69 Å². The van der Waals surface area contributed by atoms with Crippen LogP contribution in [0.25, 0.3) is 0 Å². The number of nitrogens with one attached hydrogen (secondary N) is 1. The van der Waals surface area contributed by atoms with Crippen LogP contribution in [0.5, 0.6) is 11.5 Å². The second kappa shape index (κ2) is 8.22. The Morgan fingerprint density at radius 2 is 1.87 bits per heavy atom. The van der Waals surface area contributed by atoms with Crippen LogP contribution in [-0.2, 0) is 4.79 Å². The lowest BCUT2D eigenvalue weighted by molar-refractivity contribution is -0.118. The number of amides is 1. The largest absolute Gasteiger partial charge is 0.491 e. The van der Waals surface area contributed by atoms with Crippen molar-refractivity contribution in [3.63, 3.8) is 0 Å². The van der Waals surface area contributed by atoms with Gasteiger partial charge in [-0.15, -0.1) is 0 Å². The first-order valence-corrected chi connectivity index (χ1v) is 7.75. The molecule has 0 bridgehead atoms. The van der Waals surface area contributed by atoms with Crippen LogP contribution >= 0.6 is 0 Å². The van der Waals surface area contributed by atoms with Crippen LogP contribution in [-0.4, -0.2) is 19.1 Å². The van der Waals surface area contributed by atoms with Gasteiger partial charge in [0.25, 0.3) is 5.91 Å². The topological polar surface area (TPSA) is 47.6 Å². The van der Waals surface area contributed by atoms with Crippen molar-refractivity contribution in [1.29, 1.82) is 0 Å². The van der Waals surface area contributed by atoms with E-state index < -0.39 is 0 Å². The molecule has 0 aliphatic carbocycles. The van der Waals surface area contributed by atoms with Gasteiger partial charge in [0.1, 0.15) is 11.5 Å². The molecule has 1 amide bonds. The molecule has 0 spiro atoms. The monoisotopic (exact) mass is 313 g/mol. The van der Waals surface area contributed by atoms with E-state index in [0.717, 1.165) is 5.56 Å². The third-order valence-electron chi connectivity index (χ3n) is 3.09. The second-order valence-corrected chi connectivity index (χ2v) is 5.85. The molecule has 0 saturated carbocycles. The molecule has 0 aliphatic rings. The van der Waals surface area contributed by atoms with Gasteiger partial charge in [0, 0.05) is 0 Å². The number of benzene rings is 2. The van der Waals surface area contributed by atoms with Crippen molar-refractivity contribution in [2.45, 2.75) is 20.8 Å². The van der Waals surface area contributed by atoms with E-state index in [1.54, 1.807) is 0 Å². The highest BCUT2D eigenvalue weighted by atomic mass is 16.5. The lowest BCUT2D eigenvalue weighted by Crippen LogP contribution is -2.20. The zero-order valence-corrected chi connectivity index (χ0v) is 13.8. The fourth-order valence-electron chi connectivity index (χ4n) is 1.99. The van der Waals surface area contributed by atoms with E-state index in [9.17, 15) is 4.79 Å². The molecule has 122 valence electrons. The Hall–Kier alpha value is -2.49. The lowest BCUT2D eigenvalue weighted by Gasteiger charge is -2.14. The first-order valence-electron chi connectivity index (χ1n) is 7.75. The Morgan fingerprint density at radius 3 is 2.61 bits per heavy atom. The van der Waals surface area contributed by atoms with E-state index in [0.29, 0.717) is 29.7 Å². The molecule has 2 aromatic rings. The van der Waals surface area contributed by atoms with Crippen LogP contribution < -0.4 is 14.8 Å². The summed E-state index contributed by atoms with van der Waals surface area (Å²) in [5, 5.41) is 2.83. The molecule has 1 N–H and O–H groups in total. The number of anilines is 1. The highest BCUT2D eigenvalue weighted by molar-refractivity contribution is 5.93. The zero-order valence-electron chi connectivity index (χ0n) is 13.8. The molecule has 0 aliphatic heterocycles. The van der Waals surface area contributed by atoms with Gasteiger partial charge in [-0.05, 0) is 42.7 Å². The summed E-state index contributed by atoms with van der Waals surface area (Å²) in [4.78, 5) is 12.1. The molecule has 2 rings (SSSR count). The summed E-state index contributed by atoms with van der Waals surface area (Å²) in [5.41, 5.74) is 1.75. The molecule has 0 atom stereocenters. The van der Waals surface area contributed by atoms with Gasteiger partial charge >= 0.3 is 0 Å². The van der Waals surface area contributed by atoms with E-state index in [4.69, 9.17) is 9.47 Å². The Morgan fingerprint density at radius 1 is 1.09 bits per heavy atom. The summed E-state index contributed by atoms with van der Waals surface area (Å²) >= 11 is 0. The third kappa shape index (κ3) is 5.66. The highest BCUT2D eigenvalue weighted by Gasteiger charge is 2.09. The number of rotatable bonds is 7. The first kappa shape index (κ1) is 16.9. The van der Waals surface area contributed by atoms with E-state index in [1.165, 1.54) is 0 Å². The first-order chi connectivity index (χ1) is 11.0. The average Bonchev–Trinajstić information content (AvgIpc) is 2.52. The number of carbonyl (C=O) groups excluding carboxylic acids is 1. The predicted octanol–water partition coefficient (Wildman–Crippen LogP) is 4.05. The molecular formula is C19H23NO3. The molecular weight excluding hydrogens is 290 g/mol. The fourth-order valence-corrected chi connectivity index (χ4v) is 1.99. The van der Waals surface area contributed by atoms with Crippen LogP contribution in [0.1, 0.15) is 19.4 Å². The number of para-hydroxylation sites is 2. The van der Waals surface area contributed by atoms with Crippen molar-refractivity contribution in [2.24, 2.45) is 5.92 Å². The van der Waals surface area contributed by atoms with E-state index in [1.807, 2.05) is 55.5 Å². The minimum absolute atomic E-state index is 0.0397. The average molecular weight is 313 g/mol. The molecule has 0 saturated heterocycles. The molecule has 4 nitrogen and oxygen atoms in total. The molecule has 0 radical (unpaired) electrons. The smallest absolute Gasteiger partial charge is 0.262 e. The molecule has 0 aromatic heterocycles. The molecule has 4 heteroatoms. The fraction of sp³-hybridized carbons (Fsp3) is 0.316. The van der Waals surface area contributed by atoms with Gasteiger partial charge in [-0.1, -0.05) is 38.1 Å². The van der Waals surface area contributed by atoms with Crippen LogP contribution in [0.3, 0.4) is 0 Å². The maximum atomic E-state index is 12.1. The Kier molecular flexibility index (Phi) is 6.03. The molecule has 0 heterocycles. The summed E-state index contributed by atoms with van der Waals surface area (Å²) in [5.74, 6) is 1.56. The molecule has 0 unspecified atom stereocenters. The SMILES string of the molecule is Cc1cccc(OCC(=O)Nc2ccccc2OCC(C)C)c1. The quantitative estimate of drug-likeness (QED) is 0.839. The summed E-state index contributed by atoms with van der Waals surface area (Å²) in [6, 6.07) is 15.0. The summed E-state index contributed by atoms with van der Waals surface area (Å²) < 4.78 is 11.2. The minimum Gasteiger partial charge on any atom is -0.491 e. The van der Waals surface area contributed by atoms with Gasteiger partial charge < -0.3 is 14.8 Å².